The third-order valence-corrected chi connectivity index (χ3v) is 6.56. The predicted octanol–water partition coefficient (Wildman–Crippen LogP) is 3.18. The Bertz CT molecular complexity index is 771. The van der Waals surface area contributed by atoms with E-state index in [2.05, 4.69) is 49.9 Å². The fourth-order valence-corrected chi connectivity index (χ4v) is 4.76. The van der Waals surface area contributed by atoms with Crippen molar-refractivity contribution in [2.24, 2.45) is 0 Å². The van der Waals surface area contributed by atoms with Crippen molar-refractivity contribution in [1.82, 2.24) is 15.0 Å². The van der Waals surface area contributed by atoms with Crippen LogP contribution in [-0.4, -0.2) is 67.3 Å². The summed E-state index contributed by atoms with van der Waals surface area (Å²) in [7, 11) is 0. The van der Waals surface area contributed by atoms with Gasteiger partial charge in [0.05, 0.1) is 0 Å². The highest BCUT2D eigenvalue weighted by molar-refractivity contribution is 5.50. The molecule has 0 saturated carbocycles. The van der Waals surface area contributed by atoms with Gasteiger partial charge < -0.3 is 19.6 Å². The van der Waals surface area contributed by atoms with Gasteiger partial charge in [-0.15, -0.1) is 0 Å². The predicted molar refractivity (Wildman–Crippen MR) is 123 cm³/mol. The number of nitrogens with zero attached hydrogens (tertiary/aromatic N) is 7. The van der Waals surface area contributed by atoms with Crippen LogP contribution in [0.5, 0.6) is 0 Å². The Morgan fingerprint density at radius 3 is 1.30 bits per heavy atom. The van der Waals surface area contributed by atoms with Gasteiger partial charge in [-0.2, -0.15) is 15.0 Å². The number of hydrogen-bond acceptors (Lipinski definition) is 7. The van der Waals surface area contributed by atoms with E-state index in [1.54, 1.807) is 0 Å². The lowest BCUT2D eigenvalue weighted by Crippen LogP contribution is -2.47. The van der Waals surface area contributed by atoms with E-state index in [-0.39, 0.29) is 0 Å². The standard InChI is InChI=1S/C23H33N7/c1-4-10-20(11-5-1)27-16-18-30(19-17-27)23-25-21(28-12-6-2-7-13-28)24-22(26-23)29-14-8-3-9-15-29/h1,4-5,10-11H,2-3,6-9,12-19H2. The van der Waals surface area contributed by atoms with Crippen LogP contribution in [-0.2, 0) is 0 Å². The van der Waals surface area contributed by atoms with E-state index in [1.807, 2.05) is 0 Å². The number of anilines is 4. The molecule has 1 aromatic carbocycles. The summed E-state index contributed by atoms with van der Waals surface area (Å²) in [6, 6.07) is 10.7. The van der Waals surface area contributed by atoms with Crippen molar-refractivity contribution in [3.05, 3.63) is 30.3 Å². The van der Waals surface area contributed by atoms with Gasteiger partial charge in [-0.25, -0.2) is 0 Å². The number of hydrogen-bond donors (Lipinski definition) is 0. The average Bonchev–Trinajstić information content (AvgIpc) is 2.85. The zero-order valence-corrected chi connectivity index (χ0v) is 17.9. The van der Waals surface area contributed by atoms with Crippen molar-refractivity contribution in [3.63, 3.8) is 0 Å². The molecule has 160 valence electrons. The molecule has 7 nitrogen and oxygen atoms in total. The molecule has 3 aliphatic rings. The van der Waals surface area contributed by atoms with Crippen LogP contribution in [0.3, 0.4) is 0 Å². The summed E-state index contributed by atoms with van der Waals surface area (Å²) < 4.78 is 0. The van der Waals surface area contributed by atoms with E-state index in [9.17, 15) is 0 Å². The minimum atomic E-state index is 0.860. The minimum absolute atomic E-state index is 0.860. The van der Waals surface area contributed by atoms with Crippen molar-refractivity contribution in [2.45, 2.75) is 38.5 Å². The summed E-state index contributed by atoms with van der Waals surface area (Å²) in [6.07, 6.45) is 7.56. The van der Waals surface area contributed by atoms with E-state index in [4.69, 9.17) is 15.0 Å². The molecule has 3 fully saturated rings. The summed E-state index contributed by atoms with van der Waals surface area (Å²) in [4.78, 5) is 24.4. The van der Waals surface area contributed by atoms with E-state index in [1.165, 1.54) is 44.2 Å². The normalized spacial score (nSPS) is 20.5. The van der Waals surface area contributed by atoms with E-state index >= 15 is 0 Å². The van der Waals surface area contributed by atoms with Crippen molar-refractivity contribution >= 4 is 23.5 Å². The molecule has 0 radical (unpaired) electrons. The number of rotatable bonds is 4. The first-order chi connectivity index (χ1) is 14.9. The van der Waals surface area contributed by atoms with Gasteiger partial charge in [0.25, 0.3) is 0 Å². The van der Waals surface area contributed by atoms with Gasteiger partial charge in [0.2, 0.25) is 17.8 Å². The first-order valence-corrected chi connectivity index (χ1v) is 11.7. The average molecular weight is 408 g/mol. The van der Waals surface area contributed by atoms with E-state index in [0.717, 1.165) is 70.2 Å². The van der Waals surface area contributed by atoms with Crippen molar-refractivity contribution in [3.8, 4) is 0 Å². The Kier molecular flexibility index (Phi) is 5.86. The van der Waals surface area contributed by atoms with Gasteiger partial charge >= 0.3 is 0 Å². The Morgan fingerprint density at radius 2 is 0.833 bits per heavy atom. The summed E-state index contributed by atoms with van der Waals surface area (Å²) >= 11 is 0. The van der Waals surface area contributed by atoms with Crippen LogP contribution < -0.4 is 19.6 Å². The van der Waals surface area contributed by atoms with E-state index in [0.29, 0.717) is 0 Å². The van der Waals surface area contributed by atoms with Gasteiger partial charge in [0.15, 0.2) is 0 Å². The molecule has 0 unspecified atom stereocenters. The van der Waals surface area contributed by atoms with Crippen LogP contribution in [0.4, 0.5) is 23.5 Å². The fourth-order valence-electron chi connectivity index (χ4n) is 4.76. The second kappa shape index (κ2) is 9.06. The maximum atomic E-state index is 4.96. The lowest BCUT2D eigenvalue weighted by atomic mass is 10.1. The molecule has 0 bridgehead atoms. The summed E-state index contributed by atoms with van der Waals surface area (Å²) in [6.45, 7) is 8.11. The Balaban J connectivity index is 1.36. The molecule has 0 amide bonds. The SMILES string of the molecule is c1ccc(N2CCN(c3nc(N4CCCCC4)nc(N4CCCCC4)n3)CC2)cc1. The van der Waals surface area contributed by atoms with Gasteiger partial charge in [-0.1, -0.05) is 18.2 Å². The second-order valence-corrected chi connectivity index (χ2v) is 8.64. The lowest BCUT2D eigenvalue weighted by molar-refractivity contribution is 0.553. The zero-order chi connectivity index (χ0) is 20.2. The first-order valence-electron chi connectivity index (χ1n) is 11.7. The Labute approximate surface area is 179 Å². The highest BCUT2D eigenvalue weighted by Gasteiger charge is 2.24. The molecule has 0 atom stereocenters. The largest absolute Gasteiger partial charge is 0.368 e. The van der Waals surface area contributed by atoms with E-state index < -0.39 is 0 Å². The lowest BCUT2D eigenvalue weighted by Gasteiger charge is -2.37. The maximum Gasteiger partial charge on any atom is 0.232 e. The molecule has 0 N–H and O–H groups in total. The smallest absolute Gasteiger partial charge is 0.232 e. The third kappa shape index (κ3) is 4.30. The fraction of sp³-hybridized carbons (Fsp3) is 0.609. The van der Waals surface area contributed by atoms with Crippen molar-refractivity contribution in [1.29, 1.82) is 0 Å². The molecule has 3 saturated heterocycles. The maximum absolute atomic E-state index is 4.96. The monoisotopic (exact) mass is 407 g/mol. The molecule has 2 aromatic rings. The van der Waals surface area contributed by atoms with Crippen LogP contribution in [0.1, 0.15) is 38.5 Å². The highest BCUT2D eigenvalue weighted by Crippen LogP contribution is 2.25. The zero-order valence-electron chi connectivity index (χ0n) is 17.9. The van der Waals surface area contributed by atoms with Crippen molar-refractivity contribution in [2.75, 3.05) is 72.0 Å². The number of piperidine rings is 2. The molecule has 30 heavy (non-hydrogen) atoms. The Morgan fingerprint density at radius 1 is 0.433 bits per heavy atom. The number of benzene rings is 1. The van der Waals surface area contributed by atoms with Crippen LogP contribution in [0.2, 0.25) is 0 Å². The number of para-hydroxylation sites is 1. The molecule has 0 aliphatic carbocycles. The molecular formula is C23H33N7. The second-order valence-electron chi connectivity index (χ2n) is 8.64. The molecule has 4 heterocycles. The molecule has 7 heteroatoms. The van der Waals surface area contributed by atoms with Gasteiger partial charge in [0.1, 0.15) is 0 Å². The first kappa shape index (κ1) is 19.4. The van der Waals surface area contributed by atoms with Gasteiger partial charge in [-0.3, -0.25) is 0 Å². The van der Waals surface area contributed by atoms with Gasteiger partial charge in [0, 0.05) is 58.0 Å². The molecular weight excluding hydrogens is 374 g/mol. The number of piperazine rings is 1. The molecule has 3 aliphatic heterocycles. The van der Waals surface area contributed by atoms with Gasteiger partial charge in [-0.05, 0) is 50.7 Å². The van der Waals surface area contributed by atoms with Crippen molar-refractivity contribution < 1.29 is 0 Å². The molecule has 0 spiro atoms. The number of aromatic nitrogens is 3. The summed E-state index contributed by atoms with van der Waals surface area (Å²) in [5, 5.41) is 0. The summed E-state index contributed by atoms with van der Waals surface area (Å²) in [5.74, 6) is 2.62. The highest BCUT2D eigenvalue weighted by atomic mass is 15.4. The van der Waals surface area contributed by atoms with Crippen LogP contribution in [0, 0.1) is 0 Å². The third-order valence-electron chi connectivity index (χ3n) is 6.56. The van der Waals surface area contributed by atoms with Crippen LogP contribution in [0.15, 0.2) is 30.3 Å². The van der Waals surface area contributed by atoms with Crippen LogP contribution >= 0.6 is 0 Å². The topological polar surface area (TPSA) is 51.6 Å². The molecule has 5 rings (SSSR count). The Hall–Kier alpha value is -2.57. The van der Waals surface area contributed by atoms with Crippen LogP contribution in [0.25, 0.3) is 0 Å². The minimum Gasteiger partial charge on any atom is -0.368 e. The summed E-state index contributed by atoms with van der Waals surface area (Å²) in [5.41, 5.74) is 1.30. The quantitative estimate of drug-likeness (QED) is 0.771. The molecule has 1 aromatic heterocycles.